The largest absolute Gasteiger partial charge is 0.493 e. The van der Waals surface area contributed by atoms with Crippen molar-refractivity contribution in [3.63, 3.8) is 0 Å². The van der Waals surface area contributed by atoms with Gasteiger partial charge in [-0.1, -0.05) is 6.07 Å². The summed E-state index contributed by atoms with van der Waals surface area (Å²) in [6.07, 6.45) is 0. The number of aryl methyl sites for hydroxylation is 2. The molecule has 2 aromatic rings. The van der Waals surface area contributed by atoms with E-state index < -0.39 is 0 Å². The molecule has 1 amide bonds. The monoisotopic (exact) mass is 329 g/mol. The molecule has 0 aliphatic carbocycles. The van der Waals surface area contributed by atoms with Crippen LogP contribution in [0.4, 0.5) is 5.69 Å². The van der Waals surface area contributed by atoms with Gasteiger partial charge in [0, 0.05) is 11.8 Å². The van der Waals surface area contributed by atoms with Crippen molar-refractivity contribution in [1.29, 1.82) is 0 Å². The fourth-order valence-corrected chi connectivity index (χ4v) is 2.41. The minimum Gasteiger partial charge on any atom is -0.493 e. The fraction of sp³-hybridized carbons (Fsp3) is 0.316. The number of nitrogens with one attached hydrogen (secondary N) is 1. The minimum atomic E-state index is -0.235. The van der Waals surface area contributed by atoms with Gasteiger partial charge in [-0.15, -0.1) is 0 Å². The Morgan fingerprint density at radius 2 is 1.67 bits per heavy atom. The molecule has 0 spiro atoms. The molecule has 0 unspecified atom stereocenters. The summed E-state index contributed by atoms with van der Waals surface area (Å²) >= 11 is 0. The topological polar surface area (TPSA) is 56.8 Å². The maximum absolute atomic E-state index is 12.1. The molecule has 1 N–H and O–H groups in total. The van der Waals surface area contributed by atoms with Crippen molar-refractivity contribution < 1.29 is 19.0 Å². The van der Waals surface area contributed by atoms with Crippen molar-refractivity contribution in [3.05, 3.63) is 47.0 Å². The molecular formula is C19H23NO4. The Bertz CT molecular complexity index is 740. The molecule has 2 aromatic carbocycles. The zero-order valence-corrected chi connectivity index (χ0v) is 14.7. The molecule has 0 saturated heterocycles. The standard InChI is InChI=1S/C19H23NO4/c1-12-8-13(2)14(3)17(9-12)24-11-19(21)20-15-6-7-16(22-4)18(10-15)23-5/h6-10H,11H2,1-5H3,(H,20,21). The third-order valence-electron chi connectivity index (χ3n) is 3.79. The van der Waals surface area contributed by atoms with Gasteiger partial charge in [0.2, 0.25) is 0 Å². The highest BCUT2D eigenvalue weighted by molar-refractivity contribution is 5.92. The smallest absolute Gasteiger partial charge is 0.262 e. The van der Waals surface area contributed by atoms with E-state index in [0.29, 0.717) is 17.2 Å². The zero-order chi connectivity index (χ0) is 17.7. The average molecular weight is 329 g/mol. The lowest BCUT2D eigenvalue weighted by Crippen LogP contribution is -2.20. The number of benzene rings is 2. The summed E-state index contributed by atoms with van der Waals surface area (Å²) in [6, 6.07) is 9.22. The zero-order valence-electron chi connectivity index (χ0n) is 14.7. The van der Waals surface area contributed by atoms with Crippen molar-refractivity contribution in [2.45, 2.75) is 20.8 Å². The van der Waals surface area contributed by atoms with Gasteiger partial charge in [0.05, 0.1) is 14.2 Å². The van der Waals surface area contributed by atoms with Gasteiger partial charge in [-0.2, -0.15) is 0 Å². The van der Waals surface area contributed by atoms with Gasteiger partial charge in [-0.3, -0.25) is 4.79 Å². The first-order valence-corrected chi connectivity index (χ1v) is 7.67. The molecular weight excluding hydrogens is 306 g/mol. The molecule has 0 aromatic heterocycles. The number of amides is 1. The molecule has 5 heteroatoms. The number of carbonyl (C=O) groups is 1. The molecule has 0 heterocycles. The van der Waals surface area contributed by atoms with E-state index >= 15 is 0 Å². The number of rotatable bonds is 6. The van der Waals surface area contributed by atoms with E-state index in [-0.39, 0.29) is 12.5 Å². The molecule has 2 rings (SSSR count). The second kappa shape index (κ2) is 7.73. The highest BCUT2D eigenvalue weighted by Crippen LogP contribution is 2.29. The van der Waals surface area contributed by atoms with Crippen molar-refractivity contribution in [2.24, 2.45) is 0 Å². The lowest BCUT2D eigenvalue weighted by molar-refractivity contribution is -0.118. The first kappa shape index (κ1) is 17.7. The number of methoxy groups -OCH3 is 2. The van der Waals surface area contributed by atoms with E-state index in [2.05, 4.69) is 11.4 Å². The molecule has 0 aliphatic rings. The Morgan fingerprint density at radius 3 is 2.33 bits per heavy atom. The summed E-state index contributed by atoms with van der Waals surface area (Å²) in [5.74, 6) is 1.66. The van der Waals surface area contributed by atoms with Crippen LogP contribution >= 0.6 is 0 Å². The van der Waals surface area contributed by atoms with Gasteiger partial charge in [0.15, 0.2) is 18.1 Å². The third-order valence-corrected chi connectivity index (χ3v) is 3.79. The second-order valence-corrected chi connectivity index (χ2v) is 5.61. The summed E-state index contributed by atoms with van der Waals surface area (Å²) in [5, 5.41) is 2.79. The Kier molecular flexibility index (Phi) is 5.68. The molecule has 0 fully saturated rings. The number of carbonyl (C=O) groups excluding carboxylic acids is 1. The fourth-order valence-electron chi connectivity index (χ4n) is 2.41. The highest BCUT2D eigenvalue weighted by atomic mass is 16.5. The maximum Gasteiger partial charge on any atom is 0.262 e. The van der Waals surface area contributed by atoms with Crippen LogP contribution in [0.15, 0.2) is 30.3 Å². The van der Waals surface area contributed by atoms with Crippen LogP contribution in [-0.2, 0) is 4.79 Å². The predicted molar refractivity (Wildman–Crippen MR) is 94.3 cm³/mol. The van der Waals surface area contributed by atoms with Gasteiger partial charge < -0.3 is 19.5 Å². The van der Waals surface area contributed by atoms with Crippen LogP contribution in [0.25, 0.3) is 0 Å². The van der Waals surface area contributed by atoms with Gasteiger partial charge >= 0.3 is 0 Å². The van der Waals surface area contributed by atoms with Crippen molar-refractivity contribution in [2.75, 3.05) is 26.1 Å². The van der Waals surface area contributed by atoms with Crippen molar-refractivity contribution >= 4 is 11.6 Å². The van der Waals surface area contributed by atoms with Crippen LogP contribution in [0.5, 0.6) is 17.2 Å². The Balaban J connectivity index is 2.01. The normalized spacial score (nSPS) is 10.2. The summed E-state index contributed by atoms with van der Waals surface area (Å²) < 4.78 is 16.1. The van der Waals surface area contributed by atoms with Crippen LogP contribution in [-0.4, -0.2) is 26.7 Å². The Labute approximate surface area is 142 Å². The SMILES string of the molecule is COc1ccc(NC(=O)COc2cc(C)cc(C)c2C)cc1OC. The van der Waals surface area contributed by atoms with Gasteiger partial charge in [0.25, 0.3) is 5.91 Å². The number of hydrogen-bond donors (Lipinski definition) is 1. The minimum absolute atomic E-state index is 0.0575. The number of ether oxygens (including phenoxy) is 3. The highest BCUT2D eigenvalue weighted by Gasteiger charge is 2.10. The van der Waals surface area contributed by atoms with E-state index in [1.165, 1.54) is 0 Å². The second-order valence-electron chi connectivity index (χ2n) is 5.61. The lowest BCUT2D eigenvalue weighted by atomic mass is 10.1. The third kappa shape index (κ3) is 4.19. The van der Waals surface area contributed by atoms with Crippen LogP contribution in [0.2, 0.25) is 0 Å². The van der Waals surface area contributed by atoms with E-state index in [1.54, 1.807) is 32.4 Å². The van der Waals surface area contributed by atoms with Crippen molar-refractivity contribution in [3.8, 4) is 17.2 Å². The lowest BCUT2D eigenvalue weighted by Gasteiger charge is -2.13. The van der Waals surface area contributed by atoms with Crippen LogP contribution in [0.1, 0.15) is 16.7 Å². The van der Waals surface area contributed by atoms with Gasteiger partial charge in [-0.05, 0) is 55.7 Å². The first-order valence-electron chi connectivity index (χ1n) is 7.67. The van der Waals surface area contributed by atoms with Crippen molar-refractivity contribution in [1.82, 2.24) is 0 Å². The quantitative estimate of drug-likeness (QED) is 0.879. The summed E-state index contributed by atoms with van der Waals surface area (Å²) in [6.45, 7) is 5.95. The van der Waals surface area contributed by atoms with Crippen LogP contribution in [0, 0.1) is 20.8 Å². The average Bonchev–Trinajstić information content (AvgIpc) is 2.56. The van der Waals surface area contributed by atoms with Gasteiger partial charge in [0.1, 0.15) is 5.75 Å². The Hall–Kier alpha value is -2.69. The summed E-state index contributed by atoms with van der Waals surface area (Å²) in [7, 11) is 3.12. The summed E-state index contributed by atoms with van der Waals surface area (Å²) in [4.78, 5) is 12.1. The van der Waals surface area contributed by atoms with E-state index in [1.807, 2.05) is 26.8 Å². The Morgan fingerprint density at radius 1 is 0.958 bits per heavy atom. The molecule has 5 nitrogen and oxygen atoms in total. The predicted octanol–water partition coefficient (Wildman–Crippen LogP) is 3.65. The van der Waals surface area contributed by atoms with Gasteiger partial charge in [-0.25, -0.2) is 0 Å². The number of hydrogen-bond acceptors (Lipinski definition) is 4. The molecule has 24 heavy (non-hydrogen) atoms. The maximum atomic E-state index is 12.1. The molecule has 0 saturated carbocycles. The first-order chi connectivity index (χ1) is 11.4. The van der Waals surface area contributed by atoms with E-state index in [0.717, 1.165) is 22.4 Å². The van der Waals surface area contributed by atoms with E-state index in [4.69, 9.17) is 14.2 Å². The molecule has 0 atom stereocenters. The molecule has 128 valence electrons. The van der Waals surface area contributed by atoms with E-state index in [9.17, 15) is 4.79 Å². The summed E-state index contributed by atoms with van der Waals surface area (Å²) in [5.41, 5.74) is 3.91. The molecule has 0 radical (unpaired) electrons. The van der Waals surface area contributed by atoms with Crippen LogP contribution in [0.3, 0.4) is 0 Å². The molecule has 0 bridgehead atoms. The number of anilines is 1. The molecule has 0 aliphatic heterocycles. The van der Waals surface area contributed by atoms with Crippen LogP contribution < -0.4 is 19.5 Å².